The number of nitrogens with one attached hydrogen (secondary N) is 2. The van der Waals surface area contributed by atoms with Crippen molar-refractivity contribution >= 4 is 142 Å². The summed E-state index contributed by atoms with van der Waals surface area (Å²) in [5.41, 5.74) is 4.55. The van der Waals surface area contributed by atoms with Crippen LogP contribution in [0.4, 0.5) is 28.9 Å². The number of carbonyl (C=O) groups is 2. The van der Waals surface area contributed by atoms with Gasteiger partial charge in [-0.05, 0) is 202 Å². The van der Waals surface area contributed by atoms with Crippen molar-refractivity contribution < 1.29 is 66.5 Å². The van der Waals surface area contributed by atoms with Crippen LogP contribution in [0.1, 0.15) is 57.9 Å². The van der Waals surface area contributed by atoms with E-state index in [-0.39, 0.29) is 38.0 Å². The van der Waals surface area contributed by atoms with Crippen LogP contribution in [0, 0.1) is 23.3 Å². The van der Waals surface area contributed by atoms with E-state index in [1.807, 2.05) is 6.07 Å². The number of anilines is 2. The molecule has 0 saturated heterocycles. The second-order valence-electron chi connectivity index (χ2n) is 33.5. The minimum atomic E-state index is -1.04. The Morgan fingerprint density at radius 2 is 0.558 bits per heavy atom. The first-order valence-corrected chi connectivity index (χ1v) is 53.1. The molecular weight excluding hydrogens is 2080 g/mol. The summed E-state index contributed by atoms with van der Waals surface area (Å²) in [6.45, 7) is 0. The van der Waals surface area contributed by atoms with Crippen molar-refractivity contribution in [2.75, 3.05) is 10.6 Å². The van der Waals surface area contributed by atoms with Gasteiger partial charge in [-0.15, -0.1) is 10.2 Å². The largest absolute Gasteiger partial charge is 0.454 e. The average Bonchev–Trinajstić information content (AvgIpc) is 1.65. The first kappa shape index (κ1) is 106. The van der Waals surface area contributed by atoms with Gasteiger partial charge in [-0.3, -0.25) is 19.6 Å². The molecule has 22 rings (SSSR count). The number of nitrogens with zero attached hydrogens (tertiary/aromatic N) is 6. The van der Waals surface area contributed by atoms with Crippen molar-refractivity contribution in [1.29, 1.82) is 0 Å². The fraction of sp³-hybridized carbons (Fsp3) is 0.0667. The van der Waals surface area contributed by atoms with Crippen LogP contribution in [0.5, 0.6) is 0 Å². The summed E-state index contributed by atoms with van der Waals surface area (Å²) < 4.78 is 68.3. The minimum Gasteiger partial charge on any atom is -0.427 e. The summed E-state index contributed by atoms with van der Waals surface area (Å²) in [7, 11) is 0.172. The van der Waals surface area contributed by atoms with E-state index >= 15 is 0 Å². The van der Waals surface area contributed by atoms with Gasteiger partial charge in [-0.25, -0.2) is 27.2 Å². The van der Waals surface area contributed by atoms with Crippen LogP contribution in [0.3, 0.4) is 0 Å². The summed E-state index contributed by atoms with van der Waals surface area (Å²) in [6.07, 6.45) is 7.18. The van der Waals surface area contributed by atoms with Crippen molar-refractivity contribution in [1.82, 2.24) is 29.5 Å². The van der Waals surface area contributed by atoms with Crippen LogP contribution in [-0.2, 0) is 34.5 Å². The van der Waals surface area contributed by atoms with E-state index in [9.17, 15) is 36.7 Å². The zero-order valence-corrected chi connectivity index (χ0v) is 86.3. The van der Waals surface area contributed by atoms with Gasteiger partial charge in [0.05, 0.1) is 22.5 Å². The van der Waals surface area contributed by atoms with Crippen LogP contribution in [0.2, 0.25) is 5.82 Å². The van der Waals surface area contributed by atoms with E-state index < -0.39 is 96.5 Å². The van der Waals surface area contributed by atoms with E-state index in [2.05, 4.69) is 411 Å². The van der Waals surface area contributed by atoms with Crippen molar-refractivity contribution in [2.45, 2.75) is 37.4 Å². The smallest absolute Gasteiger partial charge is 0.427 e. The summed E-state index contributed by atoms with van der Waals surface area (Å²) >= 11 is 3.44. The Balaban J connectivity index is 0.000000132. The molecule has 2 aliphatic carbocycles. The van der Waals surface area contributed by atoms with E-state index in [0.717, 1.165) is 81.7 Å². The van der Waals surface area contributed by atoms with Gasteiger partial charge >= 0.3 is 18.6 Å². The Morgan fingerprint density at radius 3 is 0.762 bits per heavy atom. The molecule has 0 spiro atoms. The van der Waals surface area contributed by atoms with Gasteiger partial charge in [0.15, 0.2) is 0 Å². The number of hydrogen-bond acceptors (Lipinski definition) is 12. The van der Waals surface area contributed by atoms with E-state index in [0.29, 0.717) is 38.6 Å². The Labute approximate surface area is 877 Å². The number of amides is 2. The van der Waals surface area contributed by atoms with Crippen LogP contribution in [0.25, 0.3) is 45.4 Å². The van der Waals surface area contributed by atoms with E-state index in [1.165, 1.54) is 96.1 Å². The predicted molar refractivity (Wildman–Crippen MR) is 593 cm³/mol. The second kappa shape index (κ2) is 53.3. The van der Waals surface area contributed by atoms with Crippen molar-refractivity contribution in [3.63, 3.8) is 0 Å². The normalized spacial score (nSPS) is 11.6. The number of pyridine rings is 2. The maximum Gasteiger partial charge on any atom is 0.454 e. The molecule has 0 radical (unpaired) electrons. The Hall–Kier alpha value is -14.8. The number of benzene rings is 16. The Morgan fingerprint density at radius 1 is 0.327 bits per heavy atom. The summed E-state index contributed by atoms with van der Waals surface area (Å²) in [5.74, 6) is -5.68. The molecule has 2 saturated carbocycles. The number of carbonyl (C=O) groups excluding carboxylic acids is 2. The average molecular weight is 2180 g/mol. The van der Waals surface area contributed by atoms with E-state index in [4.69, 9.17) is 18.9 Å². The molecular formula is C120H98BBrF4N8O8P4Pd. The third kappa shape index (κ3) is 29.3. The zero-order valence-electron chi connectivity index (χ0n) is 79.6. The van der Waals surface area contributed by atoms with Gasteiger partial charge in [0.1, 0.15) is 34.4 Å². The molecule has 2 fully saturated rings. The second-order valence-corrected chi connectivity index (χ2v) is 43.2. The van der Waals surface area contributed by atoms with Crippen molar-refractivity contribution in [2.24, 2.45) is 14.1 Å². The molecule has 16 aromatic carbocycles. The predicted octanol–water partition coefficient (Wildman–Crippen LogP) is 22.3. The maximum absolute atomic E-state index is 13.9. The monoisotopic (exact) mass is 2170 g/mol. The molecule has 4 N–H and O–H groups in total. The molecule has 734 valence electrons. The summed E-state index contributed by atoms with van der Waals surface area (Å²) in [6, 6.07) is 153. The van der Waals surface area contributed by atoms with Crippen molar-refractivity contribution in [3.8, 4) is 45.4 Å². The number of hydrogen-bond donors (Lipinski definition) is 4. The maximum atomic E-state index is 13.9. The molecule has 27 heteroatoms. The standard InChI is InChI=1S/C24H18F2N4O3.C21H13BrF2N4O3.4C18H15P.C3H7BO2.Pd/c1-30-24(32)33-23(29-30)15-11-17(13-5-6-13)21(27-12-15)14-7-9-16(10-8-14)28-22(31)20-18(25)3-2-4-19(20)26;1-28-21(30)31-20(27-28)12-9-14(22)18(25-10-12)11-5-7-13(8-6-11)26-19(29)17-15(23)3-2-4-16(17)24;4*1-4-10-16(11-5-1)19(17-12-6-2-7-13-17)18-14-8-3-9-15-18;5-4(6)3-1-2-3;/h2-4,7-13H,5-6H2,1H3,(H,28,31);2-10H,1H3,(H,26,29);4*1-15H;3,5-6H,1-2H2;. The molecule has 0 unspecified atom stereocenters. The fourth-order valence-corrected chi connectivity index (χ4v) is 25.4. The summed E-state index contributed by atoms with van der Waals surface area (Å²) in [4.78, 5) is 56.6. The molecule has 4 aromatic heterocycles. The summed E-state index contributed by atoms with van der Waals surface area (Å²) in [5, 5.41) is 46.3. The number of aromatic nitrogens is 6. The molecule has 147 heavy (non-hydrogen) atoms. The molecule has 2 amide bonds. The molecule has 0 bridgehead atoms. The zero-order chi connectivity index (χ0) is 101. The third-order valence-electron chi connectivity index (χ3n) is 23.1. The molecule has 0 aliphatic heterocycles. The first-order valence-electron chi connectivity index (χ1n) is 47.0. The quantitative estimate of drug-likeness (QED) is 0.0283. The van der Waals surface area contributed by atoms with Crippen LogP contribution in [-0.4, -0.2) is 58.5 Å². The Bertz CT molecular complexity index is 6840. The van der Waals surface area contributed by atoms with Crippen LogP contribution >= 0.6 is 47.6 Å². The van der Waals surface area contributed by atoms with E-state index in [1.54, 1.807) is 60.8 Å². The number of aryl methyl sites for hydroxylation is 2. The number of halogens is 5. The first-order chi connectivity index (χ1) is 71.3. The third-order valence-corrected chi connectivity index (χ3v) is 33.5. The van der Waals surface area contributed by atoms with Gasteiger partial charge in [-0.2, -0.15) is 9.36 Å². The van der Waals surface area contributed by atoms with Gasteiger partial charge in [0, 0.05) is 73.9 Å². The van der Waals surface area contributed by atoms with Crippen molar-refractivity contribution in [3.05, 3.63) is 539 Å². The van der Waals surface area contributed by atoms with Gasteiger partial charge in [0.25, 0.3) is 23.6 Å². The molecule has 4 heterocycles. The fourth-order valence-electron chi connectivity index (χ4n) is 15.6. The molecule has 2 aliphatic rings. The molecule has 16 nitrogen and oxygen atoms in total. The molecule has 20 aromatic rings. The van der Waals surface area contributed by atoms with Gasteiger partial charge in [0.2, 0.25) is 0 Å². The SMILES string of the molecule is Cn1nc(-c2cnc(-c3ccc(NC(=O)c4c(F)cccc4F)cc3)c(Br)c2)oc1=O.Cn1nc(-c2cnc(-c3ccc(NC(=O)c4c(F)cccc4F)cc3)c(C3CC3)c2)oc1=O.OB(O)C1CC1.[Pd].c1ccc(P(c2ccccc2)c2ccccc2)cc1.c1ccc(P(c2ccccc2)c2ccccc2)cc1.c1ccc(P(c2ccccc2)c2ccccc2)cc1.c1ccc(P(c2ccccc2)c2ccccc2)cc1. The van der Waals surface area contributed by atoms with Crippen LogP contribution in [0.15, 0.2) is 496 Å². The van der Waals surface area contributed by atoms with Gasteiger partial charge < -0.3 is 29.5 Å². The topological polar surface area (TPSA) is 220 Å². The van der Waals surface area contributed by atoms with Gasteiger partial charge in [-0.1, -0.05) is 413 Å². The number of rotatable bonds is 22. The Kier molecular flexibility index (Phi) is 38.6. The minimum absolute atomic E-state index is 0. The van der Waals surface area contributed by atoms with Crippen LogP contribution < -0.4 is 85.8 Å². The molecule has 0 atom stereocenters.